The Morgan fingerprint density at radius 3 is 2.07 bits per heavy atom. The average molecular weight is 401 g/mol. The van der Waals surface area contributed by atoms with Crippen LogP contribution in [0, 0.1) is 0 Å². The summed E-state index contributed by atoms with van der Waals surface area (Å²) in [6.07, 6.45) is 0. The molecule has 30 heavy (non-hydrogen) atoms. The summed E-state index contributed by atoms with van der Waals surface area (Å²) >= 11 is 0. The van der Waals surface area contributed by atoms with Crippen LogP contribution in [-0.2, 0) is 11.3 Å². The van der Waals surface area contributed by atoms with Gasteiger partial charge in [-0.25, -0.2) is 4.79 Å². The van der Waals surface area contributed by atoms with Crippen molar-refractivity contribution in [3.05, 3.63) is 101 Å². The Morgan fingerprint density at radius 2 is 1.37 bits per heavy atom. The molecule has 6 nitrogen and oxygen atoms in total. The molecule has 1 aliphatic heterocycles. The molecule has 0 aliphatic carbocycles. The van der Waals surface area contributed by atoms with Gasteiger partial charge in [-0.2, -0.15) is 0 Å². The lowest BCUT2D eigenvalue weighted by Gasteiger charge is -2.15. The maximum Gasteiger partial charge on any atom is 0.338 e. The Balaban J connectivity index is 1.36. The maximum absolute atomic E-state index is 12.6. The fourth-order valence-electron chi connectivity index (χ4n) is 3.27. The summed E-state index contributed by atoms with van der Waals surface area (Å²) in [7, 11) is 0. The molecule has 3 aromatic rings. The molecular formula is C24H19NO5. The second-order valence-corrected chi connectivity index (χ2v) is 6.70. The smallest absolute Gasteiger partial charge is 0.338 e. The van der Waals surface area contributed by atoms with E-state index in [4.69, 9.17) is 9.47 Å². The number of hydrogen-bond acceptors (Lipinski definition) is 5. The van der Waals surface area contributed by atoms with Crippen molar-refractivity contribution < 1.29 is 23.9 Å². The van der Waals surface area contributed by atoms with Crippen LogP contribution >= 0.6 is 0 Å². The van der Waals surface area contributed by atoms with Crippen LogP contribution in [0.15, 0.2) is 78.9 Å². The minimum atomic E-state index is -0.529. The summed E-state index contributed by atoms with van der Waals surface area (Å²) in [4.78, 5) is 38.4. The number of benzene rings is 3. The van der Waals surface area contributed by atoms with E-state index in [1.807, 2.05) is 36.4 Å². The molecule has 3 aromatic carbocycles. The molecule has 0 aromatic heterocycles. The Kier molecular flexibility index (Phi) is 5.57. The molecule has 0 fully saturated rings. The second-order valence-electron chi connectivity index (χ2n) is 6.70. The van der Waals surface area contributed by atoms with Gasteiger partial charge in [0.05, 0.1) is 23.2 Å². The van der Waals surface area contributed by atoms with Crippen molar-refractivity contribution in [3.8, 4) is 5.75 Å². The van der Waals surface area contributed by atoms with Crippen molar-refractivity contribution in [1.29, 1.82) is 0 Å². The van der Waals surface area contributed by atoms with Crippen LogP contribution in [0.2, 0.25) is 0 Å². The first-order valence-electron chi connectivity index (χ1n) is 9.53. The molecule has 6 heteroatoms. The minimum Gasteiger partial charge on any atom is -0.489 e. The first kappa shape index (κ1) is 19.4. The van der Waals surface area contributed by atoms with Gasteiger partial charge in [0.25, 0.3) is 11.8 Å². The summed E-state index contributed by atoms with van der Waals surface area (Å²) in [5.74, 6) is -0.572. The van der Waals surface area contributed by atoms with Crippen molar-refractivity contribution in [2.75, 3.05) is 13.2 Å². The van der Waals surface area contributed by atoms with Gasteiger partial charge in [0.1, 0.15) is 19.0 Å². The summed E-state index contributed by atoms with van der Waals surface area (Å²) in [5, 5.41) is 0. The lowest BCUT2D eigenvalue weighted by molar-refractivity contribution is 0.0418. The monoisotopic (exact) mass is 401 g/mol. The van der Waals surface area contributed by atoms with Gasteiger partial charge in [-0.05, 0) is 30.3 Å². The van der Waals surface area contributed by atoms with E-state index in [1.54, 1.807) is 42.5 Å². The Hall–Kier alpha value is -3.93. The third-order valence-corrected chi connectivity index (χ3v) is 4.80. The maximum atomic E-state index is 12.6. The first-order valence-corrected chi connectivity index (χ1v) is 9.53. The van der Waals surface area contributed by atoms with Crippen LogP contribution < -0.4 is 4.74 Å². The van der Waals surface area contributed by atoms with Crippen LogP contribution in [0.5, 0.6) is 5.75 Å². The summed E-state index contributed by atoms with van der Waals surface area (Å²) in [6.45, 7) is 0.132. The molecular weight excluding hydrogens is 382 g/mol. The molecule has 0 spiro atoms. The Bertz CT molecular complexity index is 1060. The summed E-state index contributed by atoms with van der Waals surface area (Å²) in [6, 6.07) is 23.0. The number of rotatable bonds is 7. The summed E-state index contributed by atoms with van der Waals surface area (Å²) < 4.78 is 11.1. The van der Waals surface area contributed by atoms with Crippen LogP contribution in [0.3, 0.4) is 0 Å². The molecule has 150 valence electrons. The molecule has 0 saturated carbocycles. The quantitative estimate of drug-likeness (QED) is 0.446. The normalized spacial score (nSPS) is 12.6. The third kappa shape index (κ3) is 3.93. The van der Waals surface area contributed by atoms with E-state index in [0.717, 1.165) is 4.90 Å². The highest BCUT2D eigenvalue weighted by molar-refractivity contribution is 6.21. The predicted octanol–water partition coefficient (Wildman–Crippen LogP) is 3.72. The van der Waals surface area contributed by atoms with Gasteiger partial charge in [0.15, 0.2) is 0 Å². The van der Waals surface area contributed by atoms with Crippen LogP contribution in [0.25, 0.3) is 0 Å². The standard InChI is InChI=1S/C24H19NO5/c26-22-20-12-6-7-13-21(20)23(27)25(22)14-15-29-24(28)19-11-5-4-8-17(19)16-30-18-9-2-1-3-10-18/h1-13H,14-16H2. The van der Waals surface area contributed by atoms with Crippen LogP contribution in [0.4, 0.5) is 0 Å². The van der Waals surface area contributed by atoms with E-state index >= 15 is 0 Å². The lowest BCUT2D eigenvalue weighted by atomic mass is 10.1. The predicted molar refractivity (Wildman–Crippen MR) is 109 cm³/mol. The van der Waals surface area contributed by atoms with Crippen molar-refractivity contribution in [1.82, 2.24) is 4.90 Å². The van der Waals surface area contributed by atoms with E-state index in [9.17, 15) is 14.4 Å². The number of carbonyl (C=O) groups is 3. The van der Waals surface area contributed by atoms with Crippen molar-refractivity contribution in [2.24, 2.45) is 0 Å². The highest BCUT2D eigenvalue weighted by Crippen LogP contribution is 2.22. The zero-order chi connectivity index (χ0) is 20.9. The molecule has 0 bridgehead atoms. The minimum absolute atomic E-state index is 0.000763. The Labute approximate surface area is 173 Å². The van der Waals surface area contributed by atoms with Gasteiger partial charge < -0.3 is 9.47 Å². The van der Waals surface area contributed by atoms with Crippen LogP contribution in [0.1, 0.15) is 36.6 Å². The molecule has 2 amide bonds. The van der Waals surface area contributed by atoms with Crippen molar-refractivity contribution in [3.63, 3.8) is 0 Å². The van der Waals surface area contributed by atoms with Gasteiger partial charge in [-0.3, -0.25) is 14.5 Å². The number of amides is 2. The lowest BCUT2D eigenvalue weighted by Crippen LogP contribution is -2.33. The highest BCUT2D eigenvalue weighted by atomic mass is 16.5. The fourth-order valence-corrected chi connectivity index (χ4v) is 3.27. The number of hydrogen-bond donors (Lipinski definition) is 0. The molecule has 0 unspecified atom stereocenters. The van der Waals surface area contributed by atoms with Crippen molar-refractivity contribution >= 4 is 17.8 Å². The number of esters is 1. The third-order valence-electron chi connectivity index (χ3n) is 4.80. The number of para-hydroxylation sites is 1. The van der Waals surface area contributed by atoms with Crippen LogP contribution in [-0.4, -0.2) is 35.8 Å². The van der Waals surface area contributed by atoms with Gasteiger partial charge in [-0.1, -0.05) is 48.5 Å². The Morgan fingerprint density at radius 1 is 0.767 bits per heavy atom. The number of ether oxygens (including phenoxy) is 2. The topological polar surface area (TPSA) is 72.9 Å². The summed E-state index contributed by atoms with van der Waals surface area (Å²) in [5.41, 5.74) is 1.82. The average Bonchev–Trinajstić information content (AvgIpc) is 3.03. The highest BCUT2D eigenvalue weighted by Gasteiger charge is 2.34. The largest absolute Gasteiger partial charge is 0.489 e. The number of fused-ring (bicyclic) bond motifs is 1. The van der Waals surface area contributed by atoms with Gasteiger partial charge in [0, 0.05) is 5.56 Å². The first-order chi connectivity index (χ1) is 14.6. The van der Waals surface area contributed by atoms with Gasteiger partial charge in [0.2, 0.25) is 0 Å². The molecule has 1 heterocycles. The van der Waals surface area contributed by atoms with E-state index in [2.05, 4.69) is 0 Å². The zero-order valence-electron chi connectivity index (χ0n) is 16.1. The SMILES string of the molecule is O=C(OCCN1C(=O)c2ccccc2C1=O)c1ccccc1COc1ccccc1. The molecule has 0 N–H and O–H groups in total. The van der Waals surface area contributed by atoms with E-state index in [1.165, 1.54) is 0 Å². The van der Waals surface area contributed by atoms with E-state index < -0.39 is 5.97 Å². The van der Waals surface area contributed by atoms with Gasteiger partial charge in [-0.15, -0.1) is 0 Å². The molecule has 4 rings (SSSR count). The molecule has 0 radical (unpaired) electrons. The molecule has 0 atom stereocenters. The number of imide groups is 1. The van der Waals surface area contributed by atoms with Gasteiger partial charge >= 0.3 is 5.97 Å². The van der Waals surface area contributed by atoms with E-state index in [0.29, 0.717) is 28.0 Å². The molecule has 1 aliphatic rings. The number of nitrogens with zero attached hydrogens (tertiary/aromatic N) is 1. The number of carbonyl (C=O) groups excluding carboxylic acids is 3. The van der Waals surface area contributed by atoms with E-state index in [-0.39, 0.29) is 31.6 Å². The molecule has 0 saturated heterocycles. The zero-order valence-corrected chi connectivity index (χ0v) is 16.1. The second kappa shape index (κ2) is 8.61. The van der Waals surface area contributed by atoms with Crippen molar-refractivity contribution in [2.45, 2.75) is 6.61 Å². The fraction of sp³-hybridized carbons (Fsp3) is 0.125.